The fraction of sp³-hybridized carbons (Fsp3) is 0.643. The zero-order valence-electron chi connectivity index (χ0n) is 21.8. The monoisotopic (exact) mass is 453 g/mol. The van der Waals surface area contributed by atoms with Crippen LogP contribution in [0.2, 0.25) is 39.3 Å². The lowest BCUT2D eigenvalue weighted by Gasteiger charge is -2.26. The van der Waals surface area contributed by atoms with E-state index in [0.29, 0.717) is 0 Å². The number of benzene rings is 1. The standard InChI is InChI=1S/C28H47NSi2/c1-9-11-13-15-19-29(20-16-14-12-10-2)28-24-26(17-21-30(3,4)5)23-27(25-28)18-22-31(6,7)8/h23-25H,9-16,19-20H2,1-8H3. The van der Waals surface area contributed by atoms with Gasteiger partial charge >= 0.3 is 0 Å². The third kappa shape index (κ3) is 13.6. The molecule has 0 aliphatic heterocycles. The van der Waals surface area contributed by atoms with Gasteiger partial charge in [-0.1, -0.05) is 103 Å². The average molecular weight is 454 g/mol. The van der Waals surface area contributed by atoms with Crippen molar-refractivity contribution in [1.82, 2.24) is 0 Å². The molecule has 0 saturated carbocycles. The first-order chi connectivity index (χ1) is 14.5. The highest BCUT2D eigenvalue weighted by molar-refractivity contribution is 6.84. The van der Waals surface area contributed by atoms with Crippen LogP contribution in [-0.4, -0.2) is 29.2 Å². The van der Waals surface area contributed by atoms with Gasteiger partial charge in [0.25, 0.3) is 0 Å². The van der Waals surface area contributed by atoms with E-state index in [2.05, 4.69) is 99.2 Å². The van der Waals surface area contributed by atoms with Gasteiger partial charge in [-0.2, -0.15) is 0 Å². The second-order valence-corrected chi connectivity index (χ2v) is 20.4. The van der Waals surface area contributed by atoms with Gasteiger partial charge in [0.1, 0.15) is 16.1 Å². The molecule has 31 heavy (non-hydrogen) atoms. The van der Waals surface area contributed by atoms with E-state index in [1.54, 1.807) is 0 Å². The molecule has 1 rings (SSSR count). The molecular weight excluding hydrogens is 406 g/mol. The average Bonchev–Trinajstić information content (AvgIpc) is 2.68. The van der Waals surface area contributed by atoms with Crippen molar-refractivity contribution in [1.29, 1.82) is 0 Å². The molecule has 0 radical (unpaired) electrons. The number of unbranched alkanes of at least 4 members (excludes halogenated alkanes) is 6. The zero-order valence-corrected chi connectivity index (χ0v) is 23.8. The number of anilines is 1. The normalized spacial score (nSPS) is 11.4. The van der Waals surface area contributed by atoms with Crippen molar-refractivity contribution in [2.45, 2.75) is 104 Å². The predicted octanol–water partition coefficient (Wildman–Crippen LogP) is 8.11. The molecule has 0 aliphatic carbocycles. The highest BCUT2D eigenvalue weighted by atomic mass is 28.3. The summed E-state index contributed by atoms with van der Waals surface area (Å²) in [6, 6.07) is 6.83. The lowest BCUT2D eigenvalue weighted by Crippen LogP contribution is -2.26. The molecule has 0 saturated heterocycles. The highest BCUT2D eigenvalue weighted by Crippen LogP contribution is 2.21. The van der Waals surface area contributed by atoms with Crippen molar-refractivity contribution in [3.8, 4) is 22.9 Å². The summed E-state index contributed by atoms with van der Waals surface area (Å²) in [5.41, 5.74) is 10.7. The molecule has 0 aliphatic rings. The molecule has 0 unspecified atom stereocenters. The van der Waals surface area contributed by atoms with Crippen LogP contribution < -0.4 is 4.90 Å². The molecule has 0 aromatic heterocycles. The number of hydrogen-bond donors (Lipinski definition) is 0. The Kier molecular flexibility index (Phi) is 12.4. The van der Waals surface area contributed by atoms with Crippen molar-refractivity contribution in [2.24, 2.45) is 0 Å². The van der Waals surface area contributed by atoms with Crippen LogP contribution in [-0.2, 0) is 0 Å². The molecule has 0 N–H and O–H groups in total. The number of rotatable bonds is 11. The van der Waals surface area contributed by atoms with Crippen LogP contribution in [0.5, 0.6) is 0 Å². The van der Waals surface area contributed by atoms with Crippen LogP contribution in [0.15, 0.2) is 18.2 Å². The Morgan fingerprint density at radius 3 is 1.39 bits per heavy atom. The summed E-state index contributed by atoms with van der Waals surface area (Å²) in [7, 11) is -2.83. The molecule has 1 aromatic carbocycles. The van der Waals surface area contributed by atoms with Crippen LogP contribution in [0.4, 0.5) is 5.69 Å². The second-order valence-electron chi connectivity index (χ2n) is 10.9. The Balaban J connectivity index is 3.26. The summed E-state index contributed by atoms with van der Waals surface area (Å²) >= 11 is 0. The van der Waals surface area contributed by atoms with Gasteiger partial charge in [-0.25, -0.2) is 0 Å². The van der Waals surface area contributed by atoms with Crippen molar-refractivity contribution >= 4 is 21.8 Å². The molecule has 1 aromatic rings. The highest BCUT2D eigenvalue weighted by Gasteiger charge is 2.12. The van der Waals surface area contributed by atoms with Crippen molar-refractivity contribution in [3.05, 3.63) is 29.3 Å². The first-order valence-electron chi connectivity index (χ1n) is 12.5. The van der Waals surface area contributed by atoms with E-state index in [-0.39, 0.29) is 0 Å². The molecule has 3 heteroatoms. The maximum atomic E-state index is 3.55. The fourth-order valence-corrected chi connectivity index (χ4v) is 4.32. The van der Waals surface area contributed by atoms with Gasteiger partial charge in [-0.15, -0.1) is 11.1 Å². The molecule has 0 amide bonds. The van der Waals surface area contributed by atoms with E-state index in [1.807, 2.05) is 0 Å². The Morgan fingerprint density at radius 2 is 1.03 bits per heavy atom. The van der Waals surface area contributed by atoms with Gasteiger partial charge in [-0.05, 0) is 31.0 Å². The number of nitrogens with zero attached hydrogens (tertiary/aromatic N) is 1. The molecule has 0 spiro atoms. The van der Waals surface area contributed by atoms with Gasteiger partial charge in [0, 0.05) is 29.9 Å². The molecule has 0 fully saturated rings. The smallest absolute Gasteiger partial charge is 0.129 e. The lowest BCUT2D eigenvalue weighted by atomic mass is 10.1. The van der Waals surface area contributed by atoms with E-state index in [0.717, 1.165) is 24.2 Å². The Hall–Kier alpha value is -1.43. The van der Waals surface area contributed by atoms with E-state index in [1.165, 1.54) is 57.1 Å². The minimum atomic E-state index is -1.41. The lowest BCUT2D eigenvalue weighted by molar-refractivity contribution is 0.609. The minimum Gasteiger partial charge on any atom is -0.371 e. The molecule has 1 nitrogen and oxygen atoms in total. The van der Waals surface area contributed by atoms with E-state index < -0.39 is 16.1 Å². The van der Waals surface area contributed by atoms with Gasteiger partial charge in [0.05, 0.1) is 0 Å². The van der Waals surface area contributed by atoms with Crippen LogP contribution in [0.1, 0.15) is 76.3 Å². The second kappa shape index (κ2) is 13.9. The van der Waals surface area contributed by atoms with Crippen LogP contribution >= 0.6 is 0 Å². The summed E-state index contributed by atoms with van der Waals surface area (Å²) < 4.78 is 0. The summed E-state index contributed by atoms with van der Waals surface area (Å²) in [4.78, 5) is 2.60. The zero-order chi connectivity index (χ0) is 23.3. The van der Waals surface area contributed by atoms with Crippen molar-refractivity contribution in [3.63, 3.8) is 0 Å². The summed E-state index contributed by atoms with van der Waals surface area (Å²) in [6.07, 6.45) is 10.4. The van der Waals surface area contributed by atoms with Crippen molar-refractivity contribution in [2.75, 3.05) is 18.0 Å². The SMILES string of the molecule is CCCCCCN(CCCCCC)c1cc(C#C[Si](C)(C)C)cc(C#C[Si](C)(C)C)c1. The molecule has 0 atom stereocenters. The van der Waals surface area contributed by atoms with Crippen LogP contribution in [0.25, 0.3) is 0 Å². The van der Waals surface area contributed by atoms with Crippen LogP contribution in [0, 0.1) is 22.9 Å². The predicted molar refractivity (Wildman–Crippen MR) is 147 cm³/mol. The first kappa shape index (κ1) is 27.6. The van der Waals surface area contributed by atoms with E-state index >= 15 is 0 Å². The topological polar surface area (TPSA) is 3.24 Å². The minimum absolute atomic E-state index is 1.13. The summed E-state index contributed by atoms with van der Waals surface area (Å²) in [6.45, 7) is 20.7. The Morgan fingerprint density at radius 1 is 0.613 bits per heavy atom. The molecular formula is C28H47NSi2. The third-order valence-electron chi connectivity index (χ3n) is 5.01. The summed E-state index contributed by atoms with van der Waals surface area (Å²) in [5.74, 6) is 7.00. The maximum absolute atomic E-state index is 3.55. The van der Waals surface area contributed by atoms with Gasteiger partial charge in [0.15, 0.2) is 0 Å². The van der Waals surface area contributed by atoms with Gasteiger partial charge in [-0.3, -0.25) is 0 Å². The Labute approximate surface area is 196 Å². The largest absolute Gasteiger partial charge is 0.371 e. The van der Waals surface area contributed by atoms with Crippen molar-refractivity contribution < 1.29 is 0 Å². The molecule has 0 bridgehead atoms. The van der Waals surface area contributed by atoms with Crippen LogP contribution in [0.3, 0.4) is 0 Å². The third-order valence-corrected chi connectivity index (χ3v) is 6.76. The fourth-order valence-electron chi connectivity index (χ4n) is 3.29. The Bertz CT molecular complexity index is 713. The maximum Gasteiger partial charge on any atom is 0.129 e. The van der Waals surface area contributed by atoms with E-state index in [9.17, 15) is 0 Å². The summed E-state index contributed by atoms with van der Waals surface area (Å²) in [5, 5.41) is 0. The molecule has 0 heterocycles. The van der Waals surface area contributed by atoms with Gasteiger partial charge in [0.2, 0.25) is 0 Å². The van der Waals surface area contributed by atoms with E-state index in [4.69, 9.17) is 0 Å². The first-order valence-corrected chi connectivity index (χ1v) is 19.5. The quantitative estimate of drug-likeness (QED) is 0.186. The number of hydrogen-bond acceptors (Lipinski definition) is 1. The molecule has 172 valence electrons. The van der Waals surface area contributed by atoms with Gasteiger partial charge < -0.3 is 4.90 Å².